The van der Waals surface area contributed by atoms with Gasteiger partial charge >= 0.3 is 0 Å². The van der Waals surface area contributed by atoms with Gasteiger partial charge in [0.15, 0.2) is 0 Å². The van der Waals surface area contributed by atoms with E-state index in [1.807, 2.05) is 0 Å². The normalized spacial score (nSPS) is 17.2. The SMILES string of the molecule is C=C1Nc2c(ccc3ccccc23)C1(C)C. The fraction of sp³-hybridized carbons (Fsp3) is 0.200. The summed E-state index contributed by atoms with van der Waals surface area (Å²) in [7, 11) is 0. The molecule has 3 rings (SSSR count). The van der Waals surface area contributed by atoms with E-state index in [2.05, 4.69) is 62.1 Å². The molecule has 1 heterocycles. The first-order valence-electron chi connectivity index (χ1n) is 5.59. The van der Waals surface area contributed by atoms with Crippen molar-refractivity contribution in [2.45, 2.75) is 19.3 Å². The molecule has 16 heavy (non-hydrogen) atoms. The molecule has 0 aliphatic carbocycles. The van der Waals surface area contributed by atoms with E-state index >= 15 is 0 Å². The van der Waals surface area contributed by atoms with Gasteiger partial charge in [-0.3, -0.25) is 0 Å². The molecule has 1 nitrogen and oxygen atoms in total. The lowest BCUT2D eigenvalue weighted by molar-refractivity contribution is 0.657. The molecular formula is C15H15N. The predicted molar refractivity (Wildman–Crippen MR) is 69.7 cm³/mol. The maximum absolute atomic E-state index is 4.12. The fourth-order valence-electron chi connectivity index (χ4n) is 2.40. The fourth-order valence-corrected chi connectivity index (χ4v) is 2.40. The molecule has 0 aromatic heterocycles. The van der Waals surface area contributed by atoms with E-state index in [0.717, 1.165) is 5.70 Å². The second kappa shape index (κ2) is 2.88. The van der Waals surface area contributed by atoms with Crippen LogP contribution in [0.1, 0.15) is 19.4 Å². The van der Waals surface area contributed by atoms with E-state index in [0.29, 0.717) is 0 Å². The minimum absolute atomic E-state index is 0.0271. The third-order valence-electron chi connectivity index (χ3n) is 3.63. The summed E-state index contributed by atoms with van der Waals surface area (Å²) >= 11 is 0. The zero-order valence-corrected chi connectivity index (χ0v) is 9.67. The van der Waals surface area contributed by atoms with Gasteiger partial charge in [0.25, 0.3) is 0 Å². The van der Waals surface area contributed by atoms with Gasteiger partial charge in [-0.25, -0.2) is 0 Å². The number of hydrogen-bond acceptors (Lipinski definition) is 1. The summed E-state index contributed by atoms with van der Waals surface area (Å²) in [6, 6.07) is 12.9. The van der Waals surface area contributed by atoms with Gasteiger partial charge in [0.2, 0.25) is 0 Å². The van der Waals surface area contributed by atoms with Crippen molar-refractivity contribution in [1.82, 2.24) is 0 Å². The molecule has 0 spiro atoms. The largest absolute Gasteiger partial charge is 0.358 e. The van der Waals surface area contributed by atoms with Gasteiger partial charge in [-0.2, -0.15) is 0 Å². The summed E-state index contributed by atoms with van der Waals surface area (Å²) < 4.78 is 0. The number of hydrogen-bond donors (Lipinski definition) is 1. The van der Waals surface area contributed by atoms with Crippen LogP contribution < -0.4 is 5.32 Å². The Morgan fingerprint density at radius 3 is 2.62 bits per heavy atom. The zero-order chi connectivity index (χ0) is 11.3. The predicted octanol–water partition coefficient (Wildman–Crippen LogP) is 4.06. The molecule has 0 bridgehead atoms. The Morgan fingerprint density at radius 2 is 1.81 bits per heavy atom. The third-order valence-corrected chi connectivity index (χ3v) is 3.63. The van der Waals surface area contributed by atoms with Gasteiger partial charge in [-0.15, -0.1) is 0 Å². The molecule has 2 aromatic rings. The van der Waals surface area contributed by atoms with E-state index in [9.17, 15) is 0 Å². The monoisotopic (exact) mass is 209 g/mol. The van der Waals surface area contributed by atoms with Crippen LogP contribution in [0.4, 0.5) is 5.69 Å². The third kappa shape index (κ3) is 1.06. The Labute approximate surface area is 95.8 Å². The van der Waals surface area contributed by atoms with Crippen LogP contribution in [-0.2, 0) is 5.41 Å². The molecule has 1 aliphatic rings. The molecule has 0 amide bonds. The molecule has 0 fully saturated rings. The van der Waals surface area contributed by atoms with Crippen LogP contribution in [0.15, 0.2) is 48.7 Å². The maximum Gasteiger partial charge on any atom is 0.0503 e. The van der Waals surface area contributed by atoms with Gasteiger partial charge in [0.05, 0.1) is 5.69 Å². The van der Waals surface area contributed by atoms with Crippen LogP contribution in [0.5, 0.6) is 0 Å². The smallest absolute Gasteiger partial charge is 0.0503 e. The molecule has 1 aliphatic heterocycles. The Morgan fingerprint density at radius 1 is 1.06 bits per heavy atom. The minimum Gasteiger partial charge on any atom is -0.358 e. The van der Waals surface area contributed by atoms with Crippen LogP contribution >= 0.6 is 0 Å². The molecule has 0 atom stereocenters. The van der Waals surface area contributed by atoms with Gasteiger partial charge in [0.1, 0.15) is 0 Å². The van der Waals surface area contributed by atoms with Crippen LogP contribution in [0.2, 0.25) is 0 Å². The summed E-state index contributed by atoms with van der Waals surface area (Å²) in [5, 5.41) is 6.00. The van der Waals surface area contributed by atoms with Gasteiger partial charge < -0.3 is 5.32 Å². The number of fused-ring (bicyclic) bond motifs is 3. The topological polar surface area (TPSA) is 12.0 Å². The van der Waals surface area contributed by atoms with E-state index in [1.165, 1.54) is 22.0 Å². The lowest BCUT2D eigenvalue weighted by atomic mass is 9.84. The van der Waals surface area contributed by atoms with E-state index in [1.54, 1.807) is 0 Å². The van der Waals surface area contributed by atoms with Crippen LogP contribution in [0, 0.1) is 0 Å². The Kier molecular flexibility index (Phi) is 1.70. The zero-order valence-electron chi connectivity index (χ0n) is 9.67. The maximum atomic E-state index is 4.12. The quantitative estimate of drug-likeness (QED) is 0.690. The van der Waals surface area contributed by atoms with Crippen molar-refractivity contribution in [3.63, 3.8) is 0 Å². The molecule has 0 saturated heterocycles. The highest BCUT2D eigenvalue weighted by Crippen LogP contribution is 2.45. The molecule has 0 unspecified atom stereocenters. The molecule has 2 aromatic carbocycles. The first-order chi connectivity index (χ1) is 7.60. The van der Waals surface area contributed by atoms with E-state index < -0.39 is 0 Å². The van der Waals surface area contributed by atoms with Crippen LogP contribution in [-0.4, -0.2) is 0 Å². The number of benzene rings is 2. The standard InChI is InChI=1S/C15H15N/c1-10-15(2,3)13-9-8-11-6-4-5-7-12(11)14(13)16-10/h4-9,16H,1H2,2-3H3. The van der Waals surface area contributed by atoms with Crippen molar-refractivity contribution < 1.29 is 0 Å². The van der Waals surface area contributed by atoms with Crippen molar-refractivity contribution in [3.05, 3.63) is 54.2 Å². The highest BCUT2D eigenvalue weighted by atomic mass is 14.9. The molecule has 1 heteroatoms. The average Bonchev–Trinajstić information content (AvgIpc) is 2.51. The van der Waals surface area contributed by atoms with Gasteiger partial charge in [0, 0.05) is 16.5 Å². The van der Waals surface area contributed by atoms with Crippen molar-refractivity contribution in [2.75, 3.05) is 5.32 Å². The summed E-state index contributed by atoms with van der Waals surface area (Å²) in [5.74, 6) is 0. The summed E-state index contributed by atoms with van der Waals surface area (Å²) in [6.45, 7) is 8.54. The van der Waals surface area contributed by atoms with E-state index in [4.69, 9.17) is 0 Å². The Balaban J connectivity index is 2.40. The summed E-state index contributed by atoms with van der Waals surface area (Å²) in [4.78, 5) is 0. The average molecular weight is 209 g/mol. The molecule has 0 radical (unpaired) electrons. The number of anilines is 1. The van der Waals surface area contributed by atoms with Crippen LogP contribution in [0.3, 0.4) is 0 Å². The molecule has 1 N–H and O–H groups in total. The molecule has 80 valence electrons. The first kappa shape index (κ1) is 9.46. The number of rotatable bonds is 0. The van der Waals surface area contributed by atoms with Crippen molar-refractivity contribution in [3.8, 4) is 0 Å². The second-order valence-electron chi connectivity index (χ2n) is 4.94. The summed E-state index contributed by atoms with van der Waals surface area (Å²) in [6.07, 6.45) is 0. The minimum atomic E-state index is 0.0271. The molecular weight excluding hydrogens is 194 g/mol. The lowest BCUT2D eigenvalue weighted by Crippen LogP contribution is -2.15. The van der Waals surface area contributed by atoms with Crippen molar-refractivity contribution in [2.24, 2.45) is 0 Å². The Bertz CT molecular complexity index is 593. The van der Waals surface area contributed by atoms with Crippen molar-refractivity contribution in [1.29, 1.82) is 0 Å². The first-order valence-corrected chi connectivity index (χ1v) is 5.59. The van der Waals surface area contributed by atoms with Crippen molar-refractivity contribution >= 4 is 16.5 Å². The molecule has 0 saturated carbocycles. The second-order valence-corrected chi connectivity index (χ2v) is 4.94. The van der Waals surface area contributed by atoms with Gasteiger partial charge in [-0.05, 0) is 10.9 Å². The Hall–Kier alpha value is -1.76. The van der Waals surface area contributed by atoms with E-state index in [-0.39, 0.29) is 5.41 Å². The lowest BCUT2D eigenvalue weighted by Gasteiger charge is -2.19. The van der Waals surface area contributed by atoms with Crippen LogP contribution in [0.25, 0.3) is 10.8 Å². The highest BCUT2D eigenvalue weighted by Gasteiger charge is 2.34. The van der Waals surface area contributed by atoms with Gasteiger partial charge in [-0.1, -0.05) is 56.8 Å². The number of nitrogens with one attached hydrogen (secondary N) is 1. The number of allylic oxidation sites excluding steroid dienone is 1. The summed E-state index contributed by atoms with van der Waals surface area (Å²) in [5.41, 5.74) is 3.68. The highest BCUT2D eigenvalue weighted by molar-refractivity contribution is 5.98.